The summed E-state index contributed by atoms with van der Waals surface area (Å²) in [6.07, 6.45) is 3.58. The third kappa shape index (κ3) is 2.54. The molecule has 1 aliphatic heterocycles. The van der Waals surface area contributed by atoms with E-state index in [4.69, 9.17) is 4.74 Å². The Balaban J connectivity index is 2.02. The van der Waals surface area contributed by atoms with Gasteiger partial charge in [-0.1, -0.05) is 46.3 Å². The maximum absolute atomic E-state index is 13.8. The molecule has 2 unspecified atom stereocenters. The Morgan fingerprint density at radius 2 is 1.89 bits per heavy atom. The minimum atomic E-state index is -0.163. The van der Waals surface area contributed by atoms with Crippen molar-refractivity contribution >= 4 is 26.7 Å². The molecule has 1 aliphatic rings. The summed E-state index contributed by atoms with van der Waals surface area (Å²) in [5.74, 6) is -0.163. The van der Waals surface area contributed by atoms with Gasteiger partial charge in [-0.15, -0.1) is 0 Å². The van der Waals surface area contributed by atoms with Crippen molar-refractivity contribution in [2.45, 2.75) is 30.2 Å². The van der Waals surface area contributed by atoms with E-state index in [-0.39, 0.29) is 16.7 Å². The van der Waals surface area contributed by atoms with Crippen molar-refractivity contribution in [3.05, 3.63) is 47.8 Å². The van der Waals surface area contributed by atoms with Gasteiger partial charge in [0, 0.05) is 12.0 Å². The number of benzene rings is 2. The minimum absolute atomic E-state index is 0.123. The van der Waals surface area contributed by atoms with Gasteiger partial charge in [0.1, 0.15) is 5.82 Å². The van der Waals surface area contributed by atoms with E-state index in [1.165, 1.54) is 6.42 Å². The fourth-order valence-corrected chi connectivity index (χ4v) is 3.54. The molecule has 3 heteroatoms. The second-order valence-corrected chi connectivity index (χ2v) is 5.98. The fourth-order valence-electron chi connectivity index (χ4n) is 2.72. The average Bonchev–Trinajstić information content (AvgIpc) is 2.48. The molecular weight excluding hydrogens is 307 g/mol. The number of hydrogen-bond donors (Lipinski definition) is 0. The highest BCUT2D eigenvalue weighted by atomic mass is 79.9. The summed E-state index contributed by atoms with van der Waals surface area (Å²) in [5, 5.41) is 1.65. The van der Waals surface area contributed by atoms with Crippen molar-refractivity contribution < 1.29 is 9.13 Å². The van der Waals surface area contributed by atoms with Crippen molar-refractivity contribution in [1.82, 2.24) is 0 Å². The van der Waals surface area contributed by atoms with Crippen LogP contribution in [0.4, 0.5) is 4.39 Å². The van der Waals surface area contributed by atoms with Crippen molar-refractivity contribution in [2.75, 3.05) is 6.61 Å². The van der Waals surface area contributed by atoms with Gasteiger partial charge in [0.2, 0.25) is 0 Å². The Hall–Kier alpha value is -0.930. The summed E-state index contributed by atoms with van der Waals surface area (Å²) in [5.41, 5.74) is 1.11. The van der Waals surface area contributed by atoms with Crippen LogP contribution in [0, 0.1) is 5.82 Å². The Morgan fingerprint density at radius 3 is 2.63 bits per heavy atom. The van der Waals surface area contributed by atoms with Gasteiger partial charge in [0.15, 0.2) is 0 Å². The van der Waals surface area contributed by atoms with Crippen LogP contribution >= 0.6 is 15.9 Å². The van der Waals surface area contributed by atoms with Gasteiger partial charge in [-0.05, 0) is 36.3 Å². The molecule has 2 aromatic rings. The van der Waals surface area contributed by atoms with Crippen LogP contribution in [0.1, 0.15) is 29.7 Å². The number of halogens is 2. The van der Waals surface area contributed by atoms with E-state index in [0.717, 1.165) is 30.4 Å². The number of ether oxygens (including phenoxy) is 1. The molecule has 1 saturated heterocycles. The van der Waals surface area contributed by atoms with Crippen molar-refractivity contribution in [3.63, 3.8) is 0 Å². The molecule has 0 aliphatic carbocycles. The van der Waals surface area contributed by atoms with E-state index in [2.05, 4.69) is 15.9 Å². The molecule has 0 spiro atoms. The van der Waals surface area contributed by atoms with E-state index in [1.807, 2.05) is 30.3 Å². The van der Waals surface area contributed by atoms with Gasteiger partial charge < -0.3 is 4.74 Å². The summed E-state index contributed by atoms with van der Waals surface area (Å²) in [4.78, 5) is 0.123. The first-order valence-electron chi connectivity index (χ1n) is 6.70. The van der Waals surface area contributed by atoms with Gasteiger partial charge in [-0.2, -0.15) is 0 Å². The van der Waals surface area contributed by atoms with E-state index >= 15 is 0 Å². The van der Waals surface area contributed by atoms with Crippen LogP contribution in [0.3, 0.4) is 0 Å². The number of alkyl halides is 1. The van der Waals surface area contributed by atoms with Gasteiger partial charge in [0.25, 0.3) is 0 Å². The second-order valence-electron chi connectivity index (χ2n) is 4.99. The fraction of sp³-hybridized carbons (Fsp3) is 0.375. The summed E-state index contributed by atoms with van der Waals surface area (Å²) in [6, 6.07) is 11.0. The first kappa shape index (κ1) is 13.1. The van der Waals surface area contributed by atoms with E-state index in [1.54, 1.807) is 6.07 Å². The lowest BCUT2D eigenvalue weighted by atomic mass is 9.96. The normalized spacial score (nSPS) is 21.5. The van der Waals surface area contributed by atoms with Crippen molar-refractivity contribution in [3.8, 4) is 0 Å². The summed E-state index contributed by atoms with van der Waals surface area (Å²) >= 11 is 3.75. The molecule has 0 N–H and O–H groups in total. The maximum Gasteiger partial charge on any atom is 0.131 e. The van der Waals surface area contributed by atoms with Gasteiger partial charge >= 0.3 is 0 Å². The standard InChI is InChI=1S/C16H16BrFO/c17-16(15-7-3-4-10-19-15)13-8-9-14(18)12-6-2-1-5-11(12)13/h1-2,5-6,8-9,15-16H,3-4,7,10H2. The molecule has 1 fully saturated rings. The molecule has 0 aromatic heterocycles. The lowest BCUT2D eigenvalue weighted by Gasteiger charge is -2.28. The molecule has 0 radical (unpaired) electrons. The lowest BCUT2D eigenvalue weighted by molar-refractivity contribution is 0.0162. The van der Waals surface area contributed by atoms with Crippen LogP contribution in [-0.4, -0.2) is 12.7 Å². The van der Waals surface area contributed by atoms with Crippen molar-refractivity contribution in [2.24, 2.45) is 0 Å². The van der Waals surface area contributed by atoms with Crippen LogP contribution < -0.4 is 0 Å². The summed E-state index contributed by atoms with van der Waals surface area (Å²) < 4.78 is 19.7. The van der Waals surface area contributed by atoms with Crippen LogP contribution in [0.25, 0.3) is 10.8 Å². The predicted molar refractivity (Wildman–Crippen MR) is 79.2 cm³/mol. The minimum Gasteiger partial charge on any atom is -0.377 e. The first-order valence-corrected chi connectivity index (χ1v) is 7.62. The third-order valence-electron chi connectivity index (χ3n) is 3.74. The highest BCUT2D eigenvalue weighted by Gasteiger charge is 2.25. The van der Waals surface area contributed by atoms with Crippen molar-refractivity contribution in [1.29, 1.82) is 0 Å². The molecular formula is C16H16BrFO. The SMILES string of the molecule is Fc1ccc(C(Br)C2CCCCO2)c2ccccc12. The van der Waals surface area contributed by atoms with Crippen LogP contribution in [-0.2, 0) is 4.74 Å². The van der Waals surface area contributed by atoms with Gasteiger partial charge in [0.05, 0.1) is 10.9 Å². The second kappa shape index (κ2) is 5.59. The average molecular weight is 323 g/mol. The molecule has 1 heterocycles. The quantitative estimate of drug-likeness (QED) is 0.708. The molecule has 2 atom stereocenters. The Kier molecular flexibility index (Phi) is 3.85. The zero-order valence-electron chi connectivity index (χ0n) is 10.6. The van der Waals surface area contributed by atoms with Crippen LogP contribution in [0.15, 0.2) is 36.4 Å². The third-order valence-corrected chi connectivity index (χ3v) is 4.83. The van der Waals surface area contributed by atoms with Gasteiger partial charge in [-0.3, -0.25) is 0 Å². The number of rotatable bonds is 2. The Bertz CT molecular complexity index is 578. The topological polar surface area (TPSA) is 9.23 Å². The largest absolute Gasteiger partial charge is 0.377 e. The monoisotopic (exact) mass is 322 g/mol. The predicted octanol–water partition coefficient (Wildman–Crippen LogP) is 4.98. The molecule has 19 heavy (non-hydrogen) atoms. The van der Waals surface area contributed by atoms with E-state index in [0.29, 0.717) is 5.39 Å². The van der Waals surface area contributed by atoms with Crippen LogP contribution in [0.2, 0.25) is 0 Å². The highest BCUT2D eigenvalue weighted by Crippen LogP contribution is 2.37. The number of fused-ring (bicyclic) bond motifs is 1. The zero-order chi connectivity index (χ0) is 13.2. The van der Waals surface area contributed by atoms with E-state index < -0.39 is 0 Å². The van der Waals surface area contributed by atoms with E-state index in [9.17, 15) is 4.39 Å². The van der Waals surface area contributed by atoms with Crippen LogP contribution in [0.5, 0.6) is 0 Å². The number of hydrogen-bond acceptors (Lipinski definition) is 1. The smallest absolute Gasteiger partial charge is 0.131 e. The summed E-state index contributed by atoms with van der Waals surface area (Å²) in [7, 11) is 0. The molecule has 1 nitrogen and oxygen atoms in total. The highest BCUT2D eigenvalue weighted by molar-refractivity contribution is 9.09. The lowest BCUT2D eigenvalue weighted by Crippen LogP contribution is -2.23. The maximum atomic E-state index is 13.8. The summed E-state index contributed by atoms with van der Waals surface area (Å²) in [6.45, 7) is 0.825. The Labute approximate surface area is 120 Å². The molecule has 2 aromatic carbocycles. The Morgan fingerprint density at radius 1 is 1.11 bits per heavy atom. The molecule has 100 valence electrons. The first-order chi connectivity index (χ1) is 9.27. The molecule has 0 bridgehead atoms. The molecule has 0 amide bonds. The molecule has 3 rings (SSSR count). The molecule has 0 saturated carbocycles. The zero-order valence-corrected chi connectivity index (χ0v) is 12.2. The van der Waals surface area contributed by atoms with Gasteiger partial charge in [-0.25, -0.2) is 4.39 Å².